The Bertz CT molecular complexity index is 770. The zero-order valence-electron chi connectivity index (χ0n) is 11.4. The lowest BCUT2D eigenvalue weighted by Crippen LogP contribution is -2.19. The number of hydrogen-bond donors (Lipinski definition) is 3. The first kappa shape index (κ1) is 15.2. The number of aromatic nitrogens is 2. The summed E-state index contributed by atoms with van der Waals surface area (Å²) in [5.41, 5.74) is 5.31. The van der Waals surface area contributed by atoms with E-state index in [-0.39, 0.29) is 11.7 Å². The highest BCUT2D eigenvalue weighted by Crippen LogP contribution is 2.30. The van der Waals surface area contributed by atoms with Crippen LogP contribution < -0.4 is 5.43 Å². The van der Waals surface area contributed by atoms with E-state index in [1.807, 2.05) is 0 Å². The number of H-pyrrole nitrogens is 1. The number of carbonyl (C=O) groups is 1. The van der Waals surface area contributed by atoms with E-state index in [2.05, 4.69) is 52.6 Å². The molecule has 1 aliphatic carbocycles. The lowest BCUT2D eigenvalue weighted by Gasteiger charge is -2.03. The van der Waals surface area contributed by atoms with Crippen molar-refractivity contribution >= 4 is 44.0 Å². The maximum atomic E-state index is 12.1. The molecule has 0 saturated carbocycles. The van der Waals surface area contributed by atoms with Crippen molar-refractivity contribution in [1.29, 1.82) is 0 Å². The van der Waals surface area contributed by atoms with Gasteiger partial charge in [0, 0.05) is 21.3 Å². The number of hydrogen-bond acceptors (Lipinski definition) is 4. The van der Waals surface area contributed by atoms with Crippen molar-refractivity contribution in [2.75, 3.05) is 0 Å². The van der Waals surface area contributed by atoms with Crippen molar-refractivity contribution in [3.05, 3.63) is 43.6 Å². The first-order valence-electron chi connectivity index (χ1n) is 6.64. The van der Waals surface area contributed by atoms with E-state index in [1.54, 1.807) is 12.1 Å². The molecule has 1 aliphatic rings. The van der Waals surface area contributed by atoms with Crippen LogP contribution >= 0.6 is 31.9 Å². The summed E-state index contributed by atoms with van der Waals surface area (Å²) in [6.45, 7) is 0. The Morgan fingerprint density at radius 3 is 3.05 bits per heavy atom. The number of phenols is 1. The number of aromatic amines is 1. The molecule has 0 radical (unpaired) electrons. The fourth-order valence-electron chi connectivity index (χ4n) is 2.40. The van der Waals surface area contributed by atoms with E-state index >= 15 is 0 Å². The summed E-state index contributed by atoms with van der Waals surface area (Å²) in [5.74, 6) is -0.300. The SMILES string of the molecule is O=C(NN=Cc1cc(Br)cc(Br)c1O)c1n[nH]c2c1CCC2. The number of rotatable bonds is 3. The number of fused-ring (bicyclic) bond motifs is 1. The van der Waals surface area contributed by atoms with Crippen LogP contribution in [0.15, 0.2) is 26.2 Å². The quantitative estimate of drug-likeness (QED) is 0.519. The van der Waals surface area contributed by atoms with Crippen LogP contribution in [0.1, 0.15) is 33.7 Å². The molecule has 3 N–H and O–H groups in total. The second-order valence-corrected chi connectivity index (χ2v) is 6.68. The van der Waals surface area contributed by atoms with Gasteiger partial charge in [0.2, 0.25) is 0 Å². The van der Waals surface area contributed by atoms with Crippen LogP contribution in [0.3, 0.4) is 0 Å². The van der Waals surface area contributed by atoms with Crippen LogP contribution in [0.25, 0.3) is 0 Å². The van der Waals surface area contributed by atoms with Gasteiger partial charge in [0.05, 0.1) is 10.7 Å². The smallest absolute Gasteiger partial charge is 0.292 e. The van der Waals surface area contributed by atoms with Crippen LogP contribution in [0.5, 0.6) is 5.75 Å². The summed E-state index contributed by atoms with van der Waals surface area (Å²) < 4.78 is 1.33. The molecule has 0 saturated heterocycles. The van der Waals surface area contributed by atoms with E-state index < -0.39 is 0 Å². The van der Waals surface area contributed by atoms with Crippen molar-refractivity contribution in [3.8, 4) is 5.75 Å². The Morgan fingerprint density at radius 1 is 1.41 bits per heavy atom. The number of aromatic hydroxyl groups is 1. The summed E-state index contributed by atoms with van der Waals surface area (Å²) in [4.78, 5) is 12.1. The molecule has 0 fully saturated rings. The maximum absolute atomic E-state index is 12.1. The third-order valence-electron chi connectivity index (χ3n) is 3.45. The van der Waals surface area contributed by atoms with Gasteiger partial charge in [-0.3, -0.25) is 9.89 Å². The minimum Gasteiger partial charge on any atom is -0.506 e. The molecule has 1 aromatic carbocycles. The number of phenolic OH excluding ortho intramolecular Hbond substituents is 1. The molecular weight excluding hydrogens is 416 g/mol. The molecule has 0 aliphatic heterocycles. The number of hydrazone groups is 1. The summed E-state index contributed by atoms with van der Waals surface area (Å²) in [6.07, 6.45) is 4.21. The standard InChI is InChI=1S/C14H12Br2N4O2/c15-8-4-7(13(21)10(16)5-8)6-17-20-14(22)12-9-2-1-3-11(9)18-19-12/h4-6,21H,1-3H2,(H,18,19)(H,20,22). The van der Waals surface area contributed by atoms with Crippen LogP contribution in [0, 0.1) is 0 Å². The van der Waals surface area contributed by atoms with Gasteiger partial charge < -0.3 is 5.11 Å². The average Bonchev–Trinajstić information content (AvgIpc) is 3.06. The van der Waals surface area contributed by atoms with Crippen LogP contribution in [0.4, 0.5) is 0 Å². The molecule has 22 heavy (non-hydrogen) atoms. The fourth-order valence-corrected chi connectivity index (χ4v) is 3.66. The molecular formula is C14H12Br2N4O2. The second-order valence-electron chi connectivity index (χ2n) is 4.91. The van der Waals surface area contributed by atoms with Crippen LogP contribution in [0.2, 0.25) is 0 Å². The third kappa shape index (κ3) is 2.93. The number of halogens is 2. The number of aryl methyl sites for hydroxylation is 1. The summed E-state index contributed by atoms with van der Waals surface area (Å²) in [6, 6.07) is 3.42. The zero-order valence-corrected chi connectivity index (χ0v) is 14.5. The highest BCUT2D eigenvalue weighted by Gasteiger charge is 2.22. The number of nitrogens with zero attached hydrogens (tertiary/aromatic N) is 2. The lowest BCUT2D eigenvalue weighted by atomic mass is 10.2. The van der Waals surface area contributed by atoms with Crippen molar-refractivity contribution in [1.82, 2.24) is 15.6 Å². The molecule has 1 heterocycles. The number of nitrogens with one attached hydrogen (secondary N) is 2. The van der Waals surface area contributed by atoms with Crippen molar-refractivity contribution in [2.24, 2.45) is 5.10 Å². The molecule has 1 aromatic heterocycles. The van der Waals surface area contributed by atoms with Gasteiger partial charge in [0.15, 0.2) is 5.69 Å². The Morgan fingerprint density at radius 2 is 2.23 bits per heavy atom. The van der Waals surface area contributed by atoms with Gasteiger partial charge in [-0.15, -0.1) is 0 Å². The average molecular weight is 428 g/mol. The largest absolute Gasteiger partial charge is 0.506 e. The van der Waals surface area contributed by atoms with E-state index in [0.29, 0.717) is 15.7 Å². The normalized spacial score (nSPS) is 13.5. The van der Waals surface area contributed by atoms with Gasteiger partial charge in [-0.05, 0) is 47.3 Å². The van der Waals surface area contributed by atoms with Crippen molar-refractivity contribution in [3.63, 3.8) is 0 Å². The summed E-state index contributed by atoms with van der Waals surface area (Å²) in [5, 5.41) is 20.7. The van der Waals surface area contributed by atoms with Crippen LogP contribution in [-0.2, 0) is 12.8 Å². The van der Waals surface area contributed by atoms with Crippen molar-refractivity contribution < 1.29 is 9.90 Å². The molecule has 8 heteroatoms. The van der Waals surface area contributed by atoms with E-state index in [1.165, 1.54) is 6.21 Å². The van der Waals surface area contributed by atoms with E-state index in [4.69, 9.17) is 0 Å². The van der Waals surface area contributed by atoms with E-state index in [9.17, 15) is 9.90 Å². The van der Waals surface area contributed by atoms with Gasteiger partial charge in [-0.2, -0.15) is 10.2 Å². The maximum Gasteiger partial charge on any atom is 0.292 e. The fraction of sp³-hybridized carbons (Fsp3) is 0.214. The van der Waals surface area contributed by atoms with Crippen LogP contribution in [-0.4, -0.2) is 27.4 Å². The monoisotopic (exact) mass is 426 g/mol. The summed E-state index contributed by atoms with van der Waals surface area (Å²) >= 11 is 6.57. The Hall–Kier alpha value is -1.67. The summed E-state index contributed by atoms with van der Waals surface area (Å²) in [7, 11) is 0. The predicted octanol–water partition coefficient (Wildman–Crippen LogP) is 2.89. The second kappa shape index (κ2) is 6.21. The Labute approximate surface area is 143 Å². The number of benzene rings is 1. The molecule has 1 amide bonds. The molecule has 0 bridgehead atoms. The third-order valence-corrected chi connectivity index (χ3v) is 4.51. The minimum absolute atomic E-state index is 0.0573. The molecule has 0 unspecified atom stereocenters. The molecule has 114 valence electrons. The molecule has 3 rings (SSSR count). The first-order chi connectivity index (χ1) is 10.6. The zero-order chi connectivity index (χ0) is 15.7. The van der Waals surface area contributed by atoms with Gasteiger partial charge >= 0.3 is 0 Å². The molecule has 6 nitrogen and oxygen atoms in total. The van der Waals surface area contributed by atoms with Gasteiger partial charge in [-0.1, -0.05) is 15.9 Å². The molecule has 0 atom stereocenters. The van der Waals surface area contributed by atoms with Crippen molar-refractivity contribution in [2.45, 2.75) is 19.3 Å². The molecule has 0 spiro atoms. The number of amides is 1. The first-order valence-corrected chi connectivity index (χ1v) is 8.22. The Balaban J connectivity index is 1.73. The highest BCUT2D eigenvalue weighted by molar-refractivity contribution is 9.11. The number of carbonyl (C=O) groups excluding carboxylic acids is 1. The van der Waals surface area contributed by atoms with Gasteiger partial charge in [-0.25, -0.2) is 5.43 Å². The lowest BCUT2D eigenvalue weighted by molar-refractivity contribution is 0.0949. The van der Waals surface area contributed by atoms with E-state index in [0.717, 1.165) is 35.0 Å². The highest BCUT2D eigenvalue weighted by atomic mass is 79.9. The minimum atomic E-state index is -0.357. The van der Waals surface area contributed by atoms with Gasteiger partial charge in [0.1, 0.15) is 5.75 Å². The topological polar surface area (TPSA) is 90.4 Å². The predicted molar refractivity (Wildman–Crippen MR) is 89.2 cm³/mol. The van der Waals surface area contributed by atoms with Gasteiger partial charge in [0.25, 0.3) is 5.91 Å². The Kier molecular flexibility index (Phi) is 4.30. The molecule has 2 aromatic rings.